The highest BCUT2D eigenvalue weighted by atomic mass is 15.1. The zero-order valence-electron chi connectivity index (χ0n) is 8.53. The highest BCUT2D eigenvalue weighted by molar-refractivity contribution is 5.75. The van der Waals surface area contributed by atoms with Crippen molar-refractivity contribution in [1.29, 1.82) is 0 Å². The van der Waals surface area contributed by atoms with Crippen molar-refractivity contribution in [2.45, 2.75) is 12.8 Å². The van der Waals surface area contributed by atoms with Crippen molar-refractivity contribution in [2.24, 2.45) is 0 Å². The number of aromatic amines is 1. The molecule has 1 saturated heterocycles. The first-order chi connectivity index (χ1) is 7.42. The molecule has 1 fully saturated rings. The molecule has 2 aromatic rings. The van der Waals surface area contributed by atoms with Crippen molar-refractivity contribution in [1.82, 2.24) is 14.9 Å². The van der Waals surface area contributed by atoms with Crippen LogP contribution in [0.5, 0.6) is 0 Å². The lowest BCUT2D eigenvalue weighted by molar-refractivity contribution is 0.428. The first-order valence-electron chi connectivity index (χ1n) is 5.36. The summed E-state index contributed by atoms with van der Waals surface area (Å²) < 4.78 is 0. The van der Waals surface area contributed by atoms with Gasteiger partial charge in [-0.1, -0.05) is 0 Å². The average molecular weight is 199 g/mol. The summed E-state index contributed by atoms with van der Waals surface area (Å²) >= 11 is 0. The number of H-pyrrole nitrogens is 1. The minimum atomic E-state index is 0.946. The second kappa shape index (κ2) is 3.66. The van der Waals surface area contributed by atoms with E-state index in [0.29, 0.717) is 0 Å². The molecule has 0 aliphatic carbocycles. The van der Waals surface area contributed by atoms with Crippen LogP contribution in [-0.4, -0.2) is 28.0 Å². The molecule has 0 aromatic carbocycles. The van der Waals surface area contributed by atoms with E-state index in [1.165, 1.54) is 12.8 Å². The first kappa shape index (κ1) is 8.92. The minimum Gasteiger partial charge on any atom is -0.346 e. The second-order valence-corrected chi connectivity index (χ2v) is 3.95. The number of fused-ring (bicyclic) bond motifs is 1. The van der Waals surface area contributed by atoms with E-state index in [-0.39, 0.29) is 0 Å². The summed E-state index contributed by atoms with van der Waals surface area (Å²) in [4.78, 5) is 9.67. The molecule has 1 N–H and O–H groups in total. The van der Waals surface area contributed by atoms with Gasteiger partial charge in [-0.3, -0.25) is 4.90 Å². The standard InChI is InChI=1S/C12H13N3/c1-2-6-15(5-1)9-10-7-11-3-4-13-12(11)14-8-10/h3-4,7-8H,1-2,5-6H2,(H,13,14). The Morgan fingerprint density at radius 3 is 3.07 bits per heavy atom. The third kappa shape index (κ3) is 1.75. The first-order valence-corrected chi connectivity index (χ1v) is 5.36. The highest BCUT2D eigenvalue weighted by Gasteiger charge is 2.13. The number of nitrogens with zero attached hydrogens (tertiary/aromatic N) is 2. The van der Waals surface area contributed by atoms with E-state index in [9.17, 15) is 0 Å². The number of hydrogen-bond acceptors (Lipinski definition) is 2. The Morgan fingerprint density at radius 1 is 1.33 bits per heavy atom. The predicted octanol–water partition coefficient (Wildman–Crippen LogP) is 2.05. The van der Waals surface area contributed by atoms with Crippen molar-refractivity contribution >= 4 is 11.0 Å². The van der Waals surface area contributed by atoms with Crippen LogP contribution in [0.15, 0.2) is 24.5 Å². The summed E-state index contributed by atoms with van der Waals surface area (Å²) in [6.45, 7) is 5.64. The zero-order valence-corrected chi connectivity index (χ0v) is 8.53. The Labute approximate surface area is 89.1 Å². The molecule has 0 atom stereocenters. The van der Waals surface area contributed by atoms with Crippen molar-refractivity contribution in [3.63, 3.8) is 0 Å². The molecule has 76 valence electrons. The zero-order chi connectivity index (χ0) is 10.1. The predicted molar refractivity (Wildman–Crippen MR) is 59.2 cm³/mol. The van der Waals surface area contributed by atoms with Gasteiger partial charge >= 0.3 is 0 Å². The van der Waals surface area contributed by atoms with Crippen LogP contribution in [0.3, 0.4) is 0 Å². The summed E-state index contributed by atoms with van der Waals surface area (Å²) in [6.07, 6.45) is 6.36. The van der Waals surface area contributed by atoms with Crippen LogP contribution in [0.1, 0.15) is 18.4 Å². The van der Waals surface area contributed by atoms with Crippen LogP contribution in [0.2, 0.25) is 0 Å². The van der Waals surface area contributed by atoms with Crippen LogP contribution < -0.4 is 0 Å². The lowest BCUT2D eigenvalue weighted by Crippen LogP contribution is -2.16. The molecule has 0 spiro atoms. The van der Waals surface area contributed by atoms with Gasteiger partial charge in [0, 0.05) is 17.8 Å². The van der Waals surface area contributed by atoms with E-state index in [4.69, 9.17) is 0 Å². The Morgan fingerprint density at radius 2 is 2.20 bits per heavy atom. The summed E-state index contributed by atoms with van der Waals surface area (Å²) in [6, 6.07) is 4.16. The molecular weight excluding hydrogens is 186 g/mol. The van der Waals surface area contributed by atoms with Gasteiger partial charge in [-0.25, -0.2) is 4.98 Å². The molecule has 0 unspecified atom stereocenters. The number of aromatic nitrogens is 2. The third-order valence-electron chi connectivity index (χ3n) is 2.79. The van der Waals surface area contributed by atoms with Gasteiger partial charge in [-0.15, -0.1) is 0 Å². The van der Waals surface area contributed by atoms with Crippen molar-refractivity contribution in [3.05, 3.63) is 36.6 Å². The maximum absolute atomic E-state index is 4.34. The van der Waals surface area contributed by atoms with Crippen molar-refractivity contribution < 1.29 is 0 Å². The molecule has 3 nitrogen and oxygen atoms in total. The molecule has 3 rings (SSSR count). The molecule has 2 radical (unpaired) electrons. The summed E-state index contributed by atoms with van der Waals surface area (Å²) in [7, 11) is 0. The van der Waals surface area contributed by atoms with Gasteiger partial charge in [0.05, 0.1) is 6.54 Å². The number of rotatable bonds is 2. The highest BCUT2D eigenvalue weighted by Crippen LogP contribution is 2.17. The number of pyridine rings is 1. The molecule has 2 aromatic heterocycles. The van der Waals surface area contributed by atoms with E-state index in [1.807, 2.05) is 18.5 Å². The molecule has 0 amide bonds. The van der Waals surface area contributed by atoms with Crippen molar-refractivity contribution in [3.8, 4) is 0 Å². The van der Waals surface area contributed by atoms with Crippen molar-refractivity contribution in [2.75, 3.05) is 13.1 Å². The van der Waals surface area contributed by atoms with E-state index >= 15 is 0 Å². The third-order valence-corrected chi connectivity index (χ3v) is 2.79. The Hall–Kier alpha value is -1.35. The molecule has 0 saturated carbocycles. The Kier molecular flexibility index (Phi) is 2.18. The molecule has 0 bridgehead atoms. The fourth-order valence-corrected chi connectivity index (χ4v) is 2.01. The second-order valence-electron chi connectivity index (χ2n) is 3.95. The van der Waals surface area contributed by atoms with E-state index in [1.54, 1.807) is 0 Å². The van der Waals surface area contributed by atoms with Gasteiger partial charge in [-0.2, -0.15) is 0 Å². The topological polar surface area (TPSA) is 31.9 Å². The Bertz CT molecular complexity index is 455. The lowest BCUT2D eigenvalue weighted by atomic mass is 10.2. The fourth-order valence-electron chi connectivity index (χ4n) is 2.01. The quantitative estimate of drug-likeness (QED) is 0.802. The fraction of sp³-hybridized carbons (Fsp3) is 0.333. The summed E-state index contributed by atoms with van der Waals surface area (Å²) in [5.74, 6) is 0. The van der Waals surface area contributed by atoms with E-state index < -0.39 is 0 Å². The minimum absolute atomic E-state index is 0.946. The van der Waals surface area contributed by atoms with Gasteiger partial charge in [0.25, 0.3) is 0 Å². The van der Waals surface area contributed by atoms with Crippen LogP contribution in [0.25, 0.3) is 11.0 Å². The number of nitrogens with one attached hydrogen (secondary N) is 1. The van der Waals surface area contributed by atoms with E-state index in [2.05, 4.69) is 27.5 Å². The molecule has 3 heterocycles. The molecule has 1 aliphatic rings. The molecule has 15 heavy (non-hydrogen) atoms. The molecule has 3 heteroatoms. The average Bonchev–Trinajstić information content (AvgIpc) is 2.87. The largest absolute Gasteiger partial charge is 0.346 e. The summed E-state index contributed by atoms with van der Waals surface area (Å²) in [5.41, 5.74) is 2.02. The summed E-state index contributed by atoms with van der Waals surface area (Å²) in [5, 5.41) is 1.15. The normalized spacial score (nSPS) is 17.6. The SMILES string of the molecule is [C](c1cnc2[nH]ccc2c1)N1CCCC1. The monoisotopic (exact) mass is 199 g/mol. The van der Waals surface area contributed by atoms with Gasteiger partial charge in [0.2, 0.25) is 0 Å². The van der Waals surface area contributed by atoms with Gasteiger partial charge in [0.15, 0.2) is 0 Å². The van der Waals surface area contributed by atoms with Gasteiger partial charge in [-0.05, 0) is 43.6 Å². The van der Waals surface area contributed by atoms with Crippen LogP contribution in [0.4, 0.5) is 0 Å². The van der Waals surface area contributed by atoms with E-state index in [0.717, 1.165) is 29.7 Å². The Balaban J connectivity index is 1.84. The number of hydrogen-bond donors (Lipinski definition) is 1. The smallest absolute Gasteiger partial charge is 0.137 e. The van der Waals surface area contributed by atoms with Gasteiger partial charge < -0.3 is 4.98 Å². The van der Waals surface area contributed by atoms with Crippen LogP contribution in [-0.2, 0) is 0 Å². The maximum atomic E-state index is 4.34. The number of likely N-dealkylation sites (tertiary alicyclic amines) is 1. The van der Waals surface area contributed by atoms with Crippen LogP contribution >= 0.6 is 0 Å². The molecule has 1 aliphatic heterocycles. The molecular formula is C12H13N3. The lowest BCUT2D eigenvalue weighted by Gasteiger charge is -2.12. The maximum Gasteiger partial charge on any atom is 0.137 e. The van der Waals surface area contributed by atoms with Crippen LogP contribution in [0, 0.1) is 6.54 Å². The van der Waals surface area contributed by atoms with Gasteiger partial charge in [0.1, 0.15) is 5.65 Å².